The maximum atomic E-state index is 13.1. The number of anilines is 1. The van der Waals surface area contributed by atoms with E-state index in [0.717, 1.165) is 37.4 Å². The Morgan fingerprint density at radius 2 is 1.80 bits per heavy atom. The van der Waals surface area contributed by atoms with E-state index in [9.17, 15) is 8.42 Å². The third kappa shape index (κ3) is 3.45. The van der Waals surface area contributed by atoms with Gasteiger partial charge in [0.1, 0.15) is 0 Å². The fourth-order valence-electron chi connectivity index (χ4n) is 3.72. The number of thiazole rings is 1. The molecule has 25 heavy (non-hydrogen) atoms. The Morgan fingerprint density at radius 1 is 0.960 bits per heavy atom. The number of aromatic nitrogens is 1. The molecule has 1 fully saturated rings. The highest BCUT2D eigenvalue weighted by Gasteiger charge is 2.28. The van der Waals surface area contributed by atoms with Crippen LogP contribution < -0.4 is 4.90 Å². The molecule has 0 unspecified atom stereocenters. The van der Waals surface area contributed by atoms with Crippen LogP contribution in [0.2, 0.25) is 0 Å². The van der Waals surface area contributed by atoms with E-state index >= 15 is 0 Å². The fourth-order valence-corrected chi connectivity index (χ4v) is 5.93. The lowest BCUT2D eigenvalue weighted by atomic mass is 9.92. The predicted molar refractivity (Wildman–Crippen MR) is 101 cm³/mol. The average Bonchev–Trinajstić information content (AvgIpc) is 3.05. The normalized spacial score (nSPS) is 19.4. The minimum atomic E-state index is -3.42. The van der Waals surface area contributed by atoms with Gasteiger partial charge < -0.3 is 4.90 Å². The zero-order chi connectivity index (χ0) is 17.3. The molecule has 1 aromatic carbocycles. The number of hydrogen-bond acceptors (Lipinski definition) is 5. The Morgan fingerprint density at radius 3 is 2.60 bits per heavy atom. The van der Waals surface area contributed by atoms with Crippen LogP contribution in [0, 0.1) is 0 Å². The van der Waals surface area contributed by atoms with Gasteiger partial charge in [0.05, 0.1) is 4.90 Å². The molecular formula is C18H23N3O2S2. The van der Waals surface area contributed by atoms with Gasteiger partial charge in [-0.3, -0.25) is 0 Å². The molecule has 1 aromatic heterocycles. The van der Waals surface area contributed by atoms with Gasteiger partial charge in [-0.2, -0.15) is 4.31 Å². The number of rotatable bonds is 3. The second-order valence-corrected chi connectivity index (χ2v) is 9.51. The van der Waals surface area contributed by atoms with E-state index in [1.165, 1.54) is 17.5 Å². The Kier molecular flexibility index (Phi) is 4.80. The Bertz CT molecular complexity index is 834. The van der Waals surface area contributed by atoms with Gasteiger partial charge in [-0.25, -0.2) is 13.4 Å². The molecule has 0 amide bonds. The van der Waals surface area contributed by atoms with Crippen LogP contribution in [0.15, 0.2) is 34.7 Å². The maximum Gasteiger partial charge on any atom is 0.243 e. The third-order valence-electron chi connectivity index (χ3n) is 5.10. The molecule has 134 valence electrons. The molecule has 0 N–H and O–H groups in total. The number of hydrogen-bond donors (Lipinski definition) is 0. The van der Waals surface area contributed by atoms with Crippen molar-refractivity contribution in [2.75, 3.05) is 31.1 Å². The van der Waals surface area contributed by atoms with E-state index in [-0.39, 0.29) is 0 Å². The van der Waals surface area contributed by atoms with Gasteiger partial charge in [-0.05, 0) is 55.4 Å². The zero-order valence-electron chi connectivity index (χ0n) is 14.2. The largest absolute Gasteiger partial charge is 0.347 e. The summed E-state index contributed by atoms with van der Waals surface area (Å²) in [5, 5.41) is 2.94. The molecule has 4 rings (SSSR count). The number of sulfonamides is 1. The summed E-state index contributed by atoms with van der Waals surface area (Å²) in [5.74, 6) is 0. The first-order valence-electron chi connectivity index (χ1n) is 8.91. The molecule has 1 aliphatic heterocycles. The second kappa shape index (κ2) is 7.05. The first-order valence-corrected chi connectivity index (χ1v) is 11.2. The Hall–Kier alpha value is -1.44. The van der Waals surface area contributed by atoms with Crippen molar-refractivity contribution >= 4 is 26.5 Å². The molecule has 2 aromatic rings. The Labute approximate surface area is 153 Å². The molecule has 0 spiro atoms. The summed E-state index contributed by atoms with van der Waals surface area (Å²) in [6.07, 6.45) is 7.05. The molecular weight excluding hydrogens is 354 g/mol. The van der Waals surface area contributed by atoms with Crippen LogP contribution >= 0.6 is 11.3 Å². The van der Waals surface area contributed by atoms with E-state index in [2.05, 4.69) is 9.88 Å². The number of nitrogens with zero attached hydrogens (tertiary/aromatic N) is 3. The summed E-state index contributed by atoms with van der Waals surface area (Å²) >= 11 is 1.61. The highest BCUT2D eigenvalue weighted by molar-refractivity contribution is 7.89. The first kappa shape index (κ1) is 17.0. The molecule has 0 atom stereocenters. The van der Waals surface area contributed by atoms with Gasteiger partial charge in [0.25, 0.3) is 0 Å². The standard InChI is InChI=1S/C18H23N3O2S2/c22-25(23,17-7-6-15-4-1-2-5-16(15)14-17)21-10-3-9-20(11-12-21)18-19-8-13-24-18/h6-8,13-14H,1-5,9-12H2. The van der Waals surface area contributed by atoms with Crippen molar-refractivity contribution in [2.45, 2.75) is 37.0 Å². The van der Waals surface area contributed by atoms with Gasteiger partial charge in [-0.1, -0.05) is 6.07 Å². The topological polar surface area (TPSA) is 53.5 Å². The molecule has 2 heterocycles. The molecule has 5 nitrogen and oxygen atoms in total. The average molecular weight is 378 g/mol. The summed E-state index contributed by atoms with van der Waals surface area (Å²) in [5.41, 5.74) is 2.53. The van der Waals surface area contributed by atoms with Crippen LogP contribution in [0.5, 0.6) is 0 Å². The summed E-state index contributed by atoms with van der Waals surface area (Å²) in [7, 11) is -3.42. The van der Waals surface area contributed by atoms with Crippen LogP contribution in [-0.4, -0.2) is 43.9 Å². The summed E-state index contributed by atoms with van der Waals surface area (Å²) in [6.45, 7) is 2.63. The van der Waals surface area contributed by atoms with Crippen molar-refractivity contribution in [1.82, 2.24) is 9.29 Å². The van der Waals surface area contributed by atoms with Gasteiger partial charge in [0.2, 0.25) is 10.0 Å². The highest BCUT2D eigenvalue weighted by atomic mass is 32.2. The van der Waals surface area contributed by atoms with Crippen molar-refractivity contribution in [1.29, 1.82) is 0 Å². The van der Waals surface area contributed by atoms with Crippen LogP contribution in [0.1, 0.15) is 30.4 Å². The lowest BCUT2D eigenvalue weighted by Crippen LogP contribution is -2.35. The molecule has 2 aliphatic rings. The summed E-state index contributed by atoms with van der Waals surface area (Å²) in [6, 6.07) is 5.72. The molecule has 1 aliphatic carbocycles. The van der Waals surface area contributed by atoms with Crippen molar-refractivity contribution in [3.05, 3.63) is 40.9 Å². The van der Waals surface area contributed by atoms with Crippen molar-refractivity contribution in [2.24, 2.45) is 0 Å². The van der Waals surface area contributed by atoms with Gasteiger partial charge >= 0.3 is 0 Å². The quantitative estimate of drug-likeness (QED) is 0.825. The van der Waals surface area contributed by atoms with Crippen LogP contribution in [0.3, 0.4) is 0 Å². The van der Waals surface area contributed by atoms with Gasteiger partial charge in [0, 0.05) is 37.8 Å². The minimum Gasteiger partial charge on any atom is -0.347 e. The number of aryl methyl sites for hydroxylation is 2. The maximum absolute atomic E-state index is 13.1. The van der Waals surface area contributed by atoms with Crippen molar-refractivity contribution in [3.8, 4) is 0 Å². The molecule has 0 bridgehead atoms. The number of benzene rings is 1. The van der Waals surface area contributed by atoms with E-state index in [1.54, 1.807) is 27.9 Å². The molecule has 0 radical (unpaired) electrons. The Balaban J connectivity index is 1.54. The lowest BCUT2D eigenvalue weighted by Gasteiger charge is -2.23. The van der Waals surface area contributed by atoms with Crippen molar-refractivity contribution in [3.63, 3.8) is 0 Å². The molecule has 0 saturated carbocycles. The fraction of sp³-hybridized carbons (Fsp3) is 0.500. The zero-order valence-corrected chi connectivity index (χ0v) is 15.9. The number of fused-ring (bicyclic) bond motifs is 1. The van der Waals surface area contributed by atoms with Gasteiger partial charge in [-0.15, -0.1) is 11.3 Å². The van der Waals surface area contributed by atoms with E-state index < -0.39 is 10.0 Å². The minimum absolute atomic E-state index is 0.454. The van der Waals surface area contributed by atoms with Crippen LogP contribution in [0.4, 0.5) is 5.13 Å². The monoisotopic (exact) mass is 377 g/mol. The third-order valence-corrected chi connectivity index (χ3v) is 7.83. The highest BCUT2D eigenvalue weighted by Crippen LogP contribution is 2.27. The predicted octanol–water partition coefficient (Wildman–Crippen LogP) is 2.92. The van der Waals surface area contributed by atoms with Crippen molar-refractivity contribution < 1.29 is 8.42 Å². The first-order chi connectivity index (χ1) is 12.1. The molecule has 1 saturated heterocycles. The second-order valence-electron chi connectivity index (χ2n) is 6.70. The van der Waals surface area contributed by atoms with Crippen LogP contribution in [-0.2, 0) is 22.9 Å². The summed E-state index contributed by atoms with van der Waals surface area (Å²) < 4.78 is 27.9. The van der Waals surface area contributed by atoms with Gasteiger partial charge in [0.15, 0.2) is 5.13 Å². The van der Waals surface area contributed by atoms with E-state index in [4.69, 9.17) is 0 Å². The van der Waals surface area contributed by atoms with Crippen LogP contribution in [0.25, 0.3) is 0 Å². The smallest absolute Gasteiger partial charge is 0.243 e. The van der Waals surface area contributed by atoms with E-state index in [0.29, 0.717) is 24.5 Å². The molecule has 7 heteroatoms. The lowest BCUT2D eigenvalue weighted by molar-refractivity contribution is 0.433. The van der Waals surface area contributed by atoms with E-state index in [1.807, 2.05) is 17.5 Å². The summed E-state index contributed by atoms with van der Waals surface area (Å²) in [4.78, 5) is 6.99. The SMILES string of the molecule is O=S(=O)(c1ccc2c(c1)CCCC2)N1CCCN(c2nccs2)CC1.